The lowest BCUT2D eigenvalue weighted by Gasteiger charge is -2.32. The third-order valence-corrected chi connectivity index (χ3v) is 7.92. The molecule has 0 aromatic heterocycles. The molecule has 2 aromatic rings. The number of carbonyl (C=O) groups is 1. The molecule has 1 fully saturated rings. The molecule has 1 heterocycles. The van der Waals surface area contributed by atoms with Gasteiger partial charge in [0.25, 0.3) is 0 Å². The van der Waals surface area contributed by atoms with E-state index in [9.17, 15) is 4.79 Å². The predicted octanol–water partition coefficient (Wildman–Crippen LogP) is 7.18. The van der Waals surface area contributed by atoms with Crippen molar-refractivity contribution < 1.29 is 14.1 Å². The Labute approximate surface area is 226 Å². The van der Waals surface area contributed by atoms with Gasteiger partial charge in [0.2, 0.25) is 5.91 Å². The minimum Gasteiger partial charge on any atom is -0.399 e. The van der Waals surface area contributed by atoms with E-state index >= 15 is 0 Å². The van der Waals surface area contributed by atoms with Crippen molar-refractivity contribution in [1.29, 1.82) is 0 Å². The molecule has 0 radical (unpaired) electrons. The fourth-order valence-corrected chi connectivity index (χ4v) is 4.84. The summed E-state index contributed by atoms with van der Waals surface area (Å²) in [5.41, 5.74) is 3.39. The number of amides is 1. The fraction of sp³-hybridized carbons (Fsp3) is 0.594. The van der Waals surface area contributed by atoms with Crippen LogP contribution in [0.15, 0.2) is 48.5 Å². The standard InChI is InChI=1S/C32H48BNO3/c1-7-9-11-16-20-34(21-17-12-10-8-2)30(35)24-26-22-28(27-18-14-13-15-19-27)25-29(23-26)33-36-31(3,4)32(5,6)37-33/h13-15,18-19,22-23,25H,7-12,16-17,20-21,24H2,1-6H3. The van der Waals surface area contributed by atoms with Crippen LogP contribution in [-0.2, 0) is 20.5 Å². The van der Waals surface area contributed by atoms with E-state index < -0.39 is 18.3 Å². The molecule has 0 atom stereocenters. The normalized spacial score (nSPS) is 16.2. The second kappa shape index (κ2) is 13.6. The molecule has 1 aliphatic rings. The van der Waals surface area contributed by atoms with Gasteiger partial charge in [-0.2, -0.15) is 0 Å². The second-order valence-electron chi connectivity index (χ2n) is 11.6. The Balaban J connectivity index is 1.84. The Morgan fingerprint density at radius 1 is 0.757 bits per heavy atom. The van der Waals surface area contributed by atoms with Crippen molar-refractivity contribution >= 4 is 18.5 Å². The number of unbranched alkanes of at least 4 members (excludes halogenated alkanes) is 6. The number of hydrogen-bond acceptors (Lipinski definition) is 3. The van der Waals surface area contributed by atoms with Crippen LogP contribution >= 0.6 is 0 Å². The number of rotatable bonds is 14. The molecule has 2 aromatic carbocycles. The van der Waals surface area contributed by atoms with Crippen LogP contribution in [0.4, 0.5) is 0 Å². The van der Waals surface area contributed by atoms with Gasteiger partial charge in [-0.1, -0.05) is 101 Å². The first-order valence-corrected chi connectivity index (χ1v) is 14.5. The maximum absolute atomic E-state index is 13.6. The van der Waals surface area contributed by atoms with Gasteiger partial charge in [-0.3, -0.25) is 4.79 Å². The van der Waals surface area contributed by atoms with Gasteiger partial charge in [0.15, 0.2) is 0 Å². The van der Waals surface area contributed by atoms with E-state index in [-0.39, 0.29) is 5.91 Å². The molecular formula is C32H48BNO3. The average Bonchev–Trinajstić information content (AvgIpc) is 3.10. The third-order valence-electron chi connectivity index (χ3n) is 7.92. The summed E-state index contributed by atoms with van der Waals surface area (Å²) in [6.45, 7) is 14.5. The zero-order valence-corrected chi connectivity index (χ0v) is 24.1. The van der Waals surface area contributed by atoms with E-state index in [1.54, 1.807) is 0 Å². The van der Waals surface area contributed by atoms with E-state index in [2.05, 4.69) is 88.9 Å². The molecule has 3 rings (SSSR count). The van der Waals surface area contributed by atoms with E-state index in [1.807, 2.05) is 6.07 Å². The number of nitrogens with zero attached hydrogens (tertiary/aromatic N) is 1. The van der Waals surface area contributed by atoms with Crippen molar-refractivity contribution in [2.45, 2.75) is 111 Å². The summed E-state index contributed by atoms with van der Waals surface area (Å²) < 4.78 is 12.8. The number of hydrogen-bond donors (Lipinski definition) is 0. The van der Waals surface area contributed by atoms with Gasteiger partial charge >= 0.3 is 7.12 Å². The lowest BCUT2D eigenvalue weighted by Crippen LogP contribution is -2.41. The summed E-state index contributed by atoms with van der Waals surface area (Å²) in [6.07, 6.45) is 9.80. The molecule has 0 saturated carbocycles. The first-order valence-electron chi connectivity index (χ1n) is 14.5. The molecule has 1 amide bonds. The monoisotopic (exact) mass is 505 g/mol. The number of benzene rings is 2. The van der Waals surface area contributed by atoms with Gasteiger partial charge in [0.05, 0.1) is 17.6 Å². The summed E-state index contributed by atoms with van der Waals surface area (Å²) in [5.74, 6) is 0.220. The Morgan fingerprint density at radius 3 is 1.86 bits per heavy atom. The van der Waals surface area contributed by atoms with E-state index in [0.717, 1.165) is 48.1 Å². The molecule has 4 nitrogen and oxygen atoms in total. The molecule has 0 bridgehead atoms. The van der Waals surface area contributed by atoms with Crippen LogP contribution in [0.3, 0.4) is 0 Å². The molecule has 5 heteroatoms. The molecule has 1 aliphatic heterocycles. The van der Waals surface area contributed by atoms with Crippen LogP contribution < -0.4 is 5.46 Å². The van der Waals surface area contributed by atoms with Crippen molar-refractivity contribution in [3.8, 4) is 11.1 Å². The predicted molar refractivity (Wildman–Crippen MR) is 156 cm³/mol. The molecule has 202 valence electrons. The highest BCUT2D eigenvalue weighted by Crippen LogP contribution is 2.37. The van der Waals surface area contributed by atoms with Crippen LogP contribution in [0.2, 0.25) is 0 Å². The quantitative estimate of drug-likeness (QED) is 0.202. The smallest absolute Gasteiger partial charge is 0.399 e. The van der Waals surface area contributed by atoms with Crippen LogP contribution in [0.1, 0.15) is 98.5 Å². The maximum Gasteiger partial charge on any atom is 0.494 e. The highest BCUT2D eigenvalue weighted by atomic mass is 16.7. The first-order chi connectivity index (χ1) is 17.7. The lowest BCUT2D eigenvalue weighted by atomic mass is 9.76. The largest absolute Gasteiger partial charge is 0.494 e. The van der Waals surface area contributed by atoms with Gasteiger partial charge in [0, 0.05) is 13.1 Å². The van der Waals surface area contributed by atoms with Gasteiger partial charge < -0.3 is 14.2 Å². The molecule has 1 saturated heterocycles. The van der Waals surface area contributed by atoms with Crippen LogP contribution in [0.5, 0.6) is 0 Å². The minimum atomic E-state index is -0.457. The fourth-order valence-electron chi connectivity index (χ4n) is 4.84. The zero-order valence-electron chi connectivity index (χ0n) is 24.1. The first kappa shape index (κ1) is 29.5. The zero-order chi connectivity index (χ0) is 26.9. The summed E-state index contributed by atoms with van der Waals surface area (Å²) in [6, 6.07) is 16.8. The Kier molecular flexibility index (Phi) is 10.8. The summed E-state index contributed by atoms with van der Waals surface area (Å²) in [7, 11) is -0.457. The Bertz CT molecular complexity index is 961. The SMILES string of the molecule is CCCCCCN(CCCCCC)C(=O)Cc1cc(B2OC(C)(C)C(C)(C)O2)cc(-c2ccccc2)c1. The van der Waals surface area contributed by atoms with Gasteiger partial charge in [-0.05, 0) is 62.7 Å². The third kappa shape index (κ3) is 8.19. The average molecular weight is 506 g/mol. The number of carbonyl (C=O) groups excluding carboxylic acids is 1. The van der Waals surface area contributed by atoms with Crippen molar-refractivity contribution in [3.63, 3.8) is 0 Å². The summed E-state index contributed by atoms with van der Waals surface area (Å²) >= 11 is 0. The molecule has 0 spiro atoms. The lowest BCUT2D eigenvalue weighted by molar-refractivity contribution is -0.130. The van der Waals surface area contributed by atoms with Gasteiger partial charge in [0.1, 0.15) is 0 Å². The van der Waals surface area contributed by atoms with Gasteiger partial charge in [-0.25, -0.2) is 0 Å². The molecule has 0 N–H and O–H groups in total. The second-order valence-corrected chi connectivity index (χ2v) is 11.6. The maximum atomic E-state index is 13.6. The van der Waals surface area contributed by atoms with Crippen molar-refractivity contribution in [1.82, 2.24) is 4.90 Å². The van der Waals surface area contributed by atoms with Gasteiger partial charge in [-0.15, -0.1) is 0 Å². The van der Waals surface area contributed by atoms with Crippen molar-refractivity contribution in [2.75, 3.05) is 13.1 Å². The van der Waals surface area contributed by atoms with Crippen LogP contribution in [0, 0.1) is 0 Å². The highest BCUT2D eigenvalue weighted by molar-refractivity contribution is 6.62. The van der Waals surface area contributed by atoms with E-state index in [0.29, 0.717) is 6.42 Å². The Morgan fingerprint density at radius 2 is 1.32 bits per heavy atom. The molecular weight excluding hydrogens is 457 g/mol. The minimum absolute atomic E-state index is 0.220. The topological polar surface area (TPSA) is 38.8 Å². The molecule has 37 heavy (non-hydrogen) atoms. The van der Waals surface area contributed by atoms with Crippen LogP contribution in [-0.4, -0.2) is 42.2 Å². The Hall–Kier alpha value is -2.11. The molecule has 0 unspecified atom stereocenters. The van der Waals surface area contributed by atoms with E-state index in [1.165, 1.54) is 38.5 Å². The summed E-state index contributed by atoms with van der Waals surface area (Å²) in [4.78, 5) is 15.7. The van der Waals surface area contributed by atoms with Crippen molar-refractivity contribution in [3.05, 3.63) is 54.1 Å². The molecule has 0 aliphatic carbocycles. The van der Waals surface area contributed by atoms with Crippen LogP contribution in [0.25, 0.3) is 11.1 Å². The summed E-state index contributed by atoms with van der Waals surface area (Å²) in [5, 5.41) is 0. The van der Waals surface area contributed by atoms with Crippen molar-refractivity contribution in [2.24, 2.45) is 0 Å². The highest BCUT2D eigenvalue weighted by Gasteiger charge is 2.51. The van der Waals surface area contributed by atoms with E-state index in [4.69, 9.17) is 9.31 Å².